The molecule has 6 heterocycles. The van der Waals surface area contributed by atoms with Crippen LogP contribution in [0.4, 0.5) is 11.9 Å². The Labute approximate surface area is 331 Å². The molecular formula is C42H36N8O8. The Bertz CT molecular complexity index is 2460. The van der Waals surface area contributed by atoms with E-state index in [1.54, 1.807) is 45.8 Å². The fourth-order valence-electron chi connectivity index (χ4n) is 7.96. The third kappa shape index (κ3) is 5.84. The molecule has 0 radical (unpaired) electrons. The highest BCUT2D eigenvalue weighted by molar-refractivity contribution is 5.97. The van der Waals surface area contributed by atoms with Crippen LogP contribution < -0.4 is 20.1 Å². The molecule has 2 aromatic heterocycles. The van der Waals surface area contributed by atoms with Crippen molar-refractivity contribution in [2.45, 2.75) is 36.4 Å². The Morgan fingerprint density at radius 2 is 1.03 bits per heavy atom. The number of carbonyl (C=O) groups is 2. The first-order valence-corrected chi connectivity index (χ1v) is 18.3. The molecule has 0 amide bonds. The van der Waals surface area contributed by atoms with Crippen LogP contribution in [-0.2, 0) is 30.5 Å². The van der Waals surface area contributed by atoms with Gasteiger partial charge in [0.25, 0.3) is 0 Å². The van der Waals surface area contributed by atoms with Gasteiger partial charge in [0.2, 0.25) is 23.3 Å². The molecule has 0 unspecified atom stereocenters. The number of anilines is 2. The molecule has 16 heteroatoms. The van der Waals surface area contributed by atoms with Crippen LogP contribution in [0.3, 0.4) is 0 Å². The number of fused-ring (bicyclic) bond motifs is 6. The molecule has 6 aromatic rings. The molecule has 4 aromatic carbocycles. The molecular weight excluding hydrogens is 745 g/mol. The Morgan fingerprint density at radius 1 is 0.638 bits per heavy atom. The van der Waals surface area contributed by atoms with Crippen molar-refractivity contribution >= 4 is 36.0 Å². The molecule has 292 valence electrons. The topological polar surface area (TPSA) is 197 Å². The summed E-state index contributed by atoms with van der Waals surface area (Å²) in [5.41, 5.74) is 0.979. The van der Waals surface area contributed by atoms with Crippen molar-refractivity contribution in [1.29, 1.82) is 0 Å². The maximum Gasteiger partial charge on any atom is 0.339 e. The second-order valence-electron chi connectivity index (χ2n) is 13.9. The third-order valence-corrected chi connectivity index (χ3v) is 10.6. The summed E-state index contributed by atoms with van der Waals surface area (Å²) in [4.78, 5) is 34.2. The summed E-state index contributed by atoms with van der Waals surface area (Å²) in [5, 5.41) is 36.0. The molecule has 58 heavy (non-hydrogen) atoms. The number of phenols is 2. The highest BCUT2D eigenvalue weighted by Gasteiger charge is 2.54. The number of rotatable bonds is 4. The predicted molar refractivity (Wildman–Crippen MR) is 208 cm³/mol. The SMILES string of the molecule is COC(=O)C1=Cc2ccccc2O[C@@]12C[C@@H](c1ccccc1O)Nc1ncnn12.COC(=O)C1=Cc2ccccc2O[C@]12C[C@H](c1ccccc1O)Nc1ncnn12. The van der Waals surface area contributed by atoms with E-state index >= 15 is 0 Å². The zero-order valence-corrected chi connectivity index (χ0v) is 31.1. The van der Waals surface area contributed by atoms with Crippen molar-refractivity contribution in [3.05, 3.63) is 143 Å². The maximum absolute atomic E-state index is 12.8. The summed E-state index contributed by atoms with van der Waals surface area (Å²) < 4.78 is 26.1. The number of nitrogens with zero attached hydrogens (tertiary/aromatic N) is 6. The summed E-state index contributed by atoms with van der Waals surface area (Å²) in [6, 6.07) is 28.3. The van der Waals surface area contributed by atoms with E-state index in [1.165, 1.54) is 26.9 Å². The number of hydrogen-bond donors (Lipinski definition) is 4. The largest absolute Gasteiger partial charge is 0.508 e. The number of carbonyl (C=O) groups excluding carboxylic acids is 2. The monoisotopic (exact) mass is 780 g/mol. The average Bonchev–Trinajstić information content (AvgIpc) is 3.94. The minimum atomic E-state index is -1.27. The number of aromatic hydroxyl groups is 2. The molecule has 0 aliphatic carbocycles. The molecule has 4 aliphatic rings. The van der Waals surface area contributed by atoms with Crippen molar-refractivity contribution in [2.24, 2.45) is 0 Å². The Kier molecular flexibility index (Phi) is 8.79. The Morgan fingerprint density at radius 3 is 1.45 bits per heavy atom. The van der Waals surface area contributed by atoms with Gasteiger partial charge in [0.05, 0.1) is 26.3 Å². The highest BCUT2D eigenvalue weighted by Crippen LogP contribution is 2.50. The predicted octanol–water partition coefficient (Wildman–Crippen LogP) is 5.68. The lowest BCUT2D eigenvalue weighted by Gasteiger charge is -2.44. The van der Waals surface area contributed by atoms with Crippen molar-refractivity contribution in [1.82, 2.24) is 29.5 Å². The molecule has 2 spiro atoms. The number of aromatic nitrogens is 6. The van der Waals surface area contributed by atoms with Gasteiger partial charge >= 0.3 is 11.9 Å². The fraction of sp³-hybridized carbons (Fsp3) is 0.190. The first kappa shape index (κ1) is 36.0. The van der Waals surface area contributed by atoms with Crippen LogP contribution in [-0.4, -0.2) is 65.9 Å². The quantitative estimate of drug-likeness (QED) is 0.159. The van der Waals surface area contributed by atoms with E-state index in [1.807, 2.05) is 72.8 Å². The standard InChI is InChI=1S/2C21H18N4O4/c2*1-28-19(27)15-10-13-6-2-5-9-18(13)29-21(15)11-16(14-7-3-4-8-17(14)26)24-20-22-12-23-25(20)21/h2*2-10,12,16,26H,11H2,1H3,(H,22,23,24)/t2*16-,21-/m10/s1. The molecule has 4 atom stereocenters. The molecule has 4 N–H and O–H groups in total. The van der Waals surface area contributed by atoms with Crippen LogP contribution in [0.15, 0.2) is 121 Å². The van der Waals surface area contributed by atoms with Gasteiger partial charge in [0, 0.05) is 35.1 Å². The normalized spacial score (nSPS) is 22.0. The van der Waals surface area contributed by atoms with Crippen molar-refractivity contribution in [3.63, 3.8) is 0 Å². The van der Waals surface area contributed by atoms with Crippen LogP contribution >= 0.6 is 0 Å². The first-order chi connectivity index (χ1) is 28.2. The van der Waals surface area contributed by atoms with E-state index in [2.05, 4.69) is 30.8 Å². The van der Waals surface area contributed by atoms with E-state index < -0.39 is 23.4 Å². The number of hydrogen-bond acceptors (Lipinski definition) is 14. The van der Waals surface area contributed by atoms with Gasteiger partial charge in [-0.2, -0.15) is 29.5 Å². The zero-order valence-electron chi connectivity index (χ0n) is 31.1. The number of esters is 2. The summed E-state index contributed by atoms with van der Waals surface area (Å²) in [6.07, 6.45) is 6.91. The number of methoxy groups -OCH3 is 2. The van der Waals surface area contributed by atoms with E-state index in [0.29, 0.717) is 45.7 Å². The van der Waals surface area contributed by atoms with Gasteiger partial charge in [-0.1, -0.05) is 72.8 Å². The molecule has 0 saturated carbocycles. The van der Waals surface area contributed by atoms with E-state index in [-0.39, 0.29) is 36.4 Å². The van der Waals surface area contributed by atoms with Crippen molar-refractivity contribution in [2.75, 3.05) is 24.9 Å². The van der Waals surface area contributed by atoms with Crippen LogP contribution in [0.2, 0.25) is 0 Å². The average molecular weight is 781 g/mol. The van der Waals surface area contributed by atoms with Crippen LogP contribution in [0.1, 0.15) is 47.2 Å². The van der Waals surface area contributed by atoms with Crippen molar-refractivity contribution < 1.29 is 38.7 Å². The summed E-state index contributed by atoms with van der Waals surface area (Å²) in [6.45, 7) is 0. The lowest BCUT2D eigenvalue weighted by Crippen LogP contribution is -2.51. The van der Waals surface area contributed by atoms with E-state index in [4.69, 9.17) is 18.9 Å². The van der Waals surface area contributed by atoms with E-state index in [9.17, 15) is 19.8 Å². The molecule has 0 fully saturated rings. The van der Waals surface area contributed by atoms with Gasteiger partial charge in [-0.3, -0.25) is 0 Å². The number of nitrogens with one attached hydrogen (secondary N) is 2. The summed E-state index contributed by atoms with van der Waals surface area (Å²) in [5.74, 6) is 1.37. The highest BCUT2D eigenvalue weighted by atomic mass is 16.5. The van der Waals surface area contributed by atoms with Gasteiger partial charge in [0.15, 0.2) is 0 Å². The molecule has 16 nitrogen and oxygen atoms in total. The van der Waals surface area contributed by atoms with Gasteiger partial charge in [-0.25, -0.2) is 9.59 Å². The second kappa shape index (κ2) is 14.1. The lowest BCUT2D eigenvalue weighted by atomic mass is 9.86. The zero-order chi connectivity index (χ0) is 40.0. The Balaban J connectivity index is 0.000000150. The minimum absolute atomic E-state index is 0.146. The third-order valence-electron chi connectivity index (χ3n) is 10.6. The minimum Gasteiger partial charge on any atom is -0.508 e. The van der Waals surface area contributed by atoms with Crippen LogP contribution in [0, 0.1) is 0 Å². The van der Waals surface area contributed by atoms with Crippen LogP contribution in [0.25, 0.3) is 12.2 Å². The molecule has 4 aliphatic heterocycles. The van der Waals surface area contributed by atoms with Gasteiger partial charge in [-0.15, -0.1) is 0 Å². The summed E-state index contributed by atoms with van der Waals surface area (Å²) in [7, 11) is 2.67. The second-order valence-corrected chi connectivity index (χ2v) is 13.9. The van der Waals surface area contributed by atoms with E-state index in [0.717, 1.165) is 11.1 Å². The van der Waals surface area contributed by atoms with Crippen molar-refractivity contribution in [3.8, 4) is 23.0 Å². The Hall–Kier alpha value is -7.62. The smallest absolute Gasteiger partial charge is 0.339 e. The number of phenolic OH excluding ortho intramolecular Hbond substituents is 2. The number of benzene rings is 4. The summed E-state index contributed by atoms with van der Waals surface area (Å²) >= 11 is 0. The van der Waals surface area contributed by atoms with Gasteiger partial charge < -0.3 is 39.8 Å². The van der Waals surface area contributed by atoms with Gasteiger partial charge in [-0.05, 0) is 36.4 Å². The molecule has 10 rings (SSSR count). The van der Waals surface area contributed by atoms with Crippen LogP contribution in [0.5, 0.6) is 23.0 Å². The molecule has 0 saturated heterocycles. The lowest BCUT2D eigenvalue weighted by molar-refractivity contribution is -0.141. The number of ether oxygens (including phenoxy) is 4. The molecule has 0 bridgehead atoms. The number of para-hydroxylation sites is 4. The van der Waals surface area contributed by atoms with Gasteiger partial charge in [0.1, 0.15) is 46.8 Å². The fourth-order valence-corrected chi connectivity index (χ4v) is 7.96. The maximum atomic E-state index is 12.8. The first-order valence-electron chi connectivity index (χ1n) is 18.3.